The molecule has 9 nitrogen and oxygen atoms in total. The van der Waals surface area contributed by atoms with Gasteiger partial charge in [-0.05, 0) is 34.1 Å². The summed E-state index contributed by atoms with van der Waals surface area (Å²) in [5.74, 6) is -1.39. The minimum absolute atomic E-state index is 0.135. The van der Waals surface area contributed by atoms with E-state index in [2.05, 4.69) is 25.9 Å². The fourth-order valence-electron chi connectivity index (χ4n) is 3.91. The van der Waals surface area contributed by atoms with Crippen LogP contribution in [0.1, 0.15) is 22.0 Å². The van der Waals surface area contributed by atoms with Crippen LogP contribution >= 0.6 is 15.9 Å². The number of piperazine rings is 1. The normalized spacial score (nSPS) is 16.0. The summed E-state index contributed by atoms with van der Waals surface area (Å²) in [4.78, 5) is 36.2. The van der Waals surface area contributed by atoms with E-state index < -0.39 is 18.0 Å². The highest BCUT2D eigenvalue weighted by Crippen LogP contribution is 2.32. The van der Waals surface area contributed by atoms with Gasteiger partial charge in [-0.1, -0.05) is 0 Å². The zero-order chi connectivity index (χ0) is 21.4. The first-order valence-electron chi connectivity index (χ1n) is 9.37. The summed E-state index contributed by atoms with van der Waals surface area (Å²) in [6.07, 6.45) is 5.15. The van der Waals surface area contributed by atoms with Crippen LogP contribution in [0, 0.1) is 0 Å². The molecule has 1 fully saturated rings. The quantitative estimate of drug-likeness (QED) is 0.580. The maximum Gasteiger partial charge on any atom is 0.335 e. The monoisotopic (exact) mass is 473 g/mol. The van der Waals surface area contributed by atoms with Gasteiger partial charge in [-0.15, -0.1) is 0 Å². The second-order valence-electron chi connectivity index (χ2n) is 7.20. The number of rotatable bonds is 5. The third-order valence-electron chi connectivity index (χ3n) is 5.36. The molecule has 0 amide bonds. The van der Waals surface area contributed by atoms with Crippen molar-refractivity contribution in [2.75, 3.05) is 31.1 Å². The number of aliphatic carboxylic acids is 1. The summed E-state index contributed by atoms with van der Waals surface area (Å²) < 4.78 is 2.63. The molecule has 3 heterocycles. The van der Waals surface area contributed by atoms with Gasteiger partial charge < -0.3 is 19.7 Å². The zero-order valence-electron chi connectivity index (χ0n) is 16.2. The Morgan fingerprint density at radius 1 is 1.10 bits per heavy atom. The number of carbonyl (C=O) groups is 2. The molecule has 0 bridgehead atoms. The Kier molecular flexibility index (Phi) is 5.44. The van der Waals surface area contributed by atoms with Gasteiger partial charge in [-0.2, -0.15) is 0 Å². The third kappa shape index (κ3) is 3.75. The lowest BCUT2D eigenvalue weighted by Gasteiger charge is -2.37. The number of halogens is 1. The molecule has 0 unspecified atom stereocenters. The number of anilines is 1. The Balaban J connectivity index is 1.62. The zero-order valence-corrected chi connectivity index (χ0v) is 17.8. The number of carboxylic acids is 2. The summed E-state index contributed by atoms with van der Waals surface area (Å²) in [6.45, 7) is 2.23. The van der Waals surface area contributed by atoms with Gasteiger partial charge in [0, 0.05) is 68.3 Å². The molecule has 1 saturated heterocycles. The van der Waals surface area contributed by atoms with E-state index in [0.29, 0.717) is 43.1 Å². The van der Waals surface area contributed by atoms with Gasteiger partial charge in [0.2, 0.25) is 5.95 Å². The number of carboxylic acid groups (broad SMARTS) is 2. The molecule has 2 N–H and O–H groups in total. The van der Waals surface area contributed by atoms with Crippen molar-refractivity contribution in [2.45, 2.75) is 6.04 Å². The summed E-state index contributed by atoms with van der Waals surface area (Å²) in [5.41, 5.74) is 1.52. The van der Waals surface area contributed by atoms with Gasteiger partial charge in [-0.3, -0.25) is 9.69 Å². The Morgan fingerprint density at radius 3 is 2.37 bits per heavy atom. The van der Waals surface area contributed by atoms with Gasteiger partial charge in [0.05, 0.1) is 10.0 Å². The number of hydrogen-bond donors (Lipinski definition) is 2. The molecule has 4 rings (SSSR count). The van der Waals surface area contributed by atoms with Crippen molar-refractivity contribution in [1.29, 1.82) is 0 Å². The molecule has 156 valence electrons. The number of hydrogen-bond acceptors (Lipinski definition) is 6. The average molecular weight is 474 g/mol. The smallest absolute Gasteiger partial charge is 0.335 e. The second-order valence-corrected chi connectivity index (χ2v) is 8.11. The highest BCUT2D eigenvalue weighted by atomic mass is 79.9. The largest absolute Gasteiger partial charge is 0.480 e. The van der Waals surface area contributed by atoms with E-state index in [1.54, 1.807) is 30.7 Å². The lowest BCUT2D eigenvalue weighted by molar-refractivity contribution is -0.143. The molecule has 1 aliphatic rings. The number of nitrogens with zero attached hydrogens (tertiary/aromatic N) is 5. The summed E-state index contributed by atoms with van der Waals surface area (Å²) >= 11 is 3.32. The molecular formula is C20H20BrN5O4. The molecule has 30 heavy (non-hydrogen) atoms. The number of aromatic nitrogens is 3. The Morgan fingerprint density at radius 2 is 1.77 bits per heavy atom. The Hall–Kier alpha value is -2.98. The Labute approximate surface area is 180 Å². The predicted octanol–water partition coefficient (Wildman–Crippen LogP) is 2.38. The van der Waals surface area contributed by atoms with E-state index in [1.165, 1.54) is 6.07 Å². The number of benzene rings is 1. The number of aromatic carboxylic acids is 1. The first kappa shape index (κ1) is 20.3. The van der Waals surface area contributed by atoms with Crippen molar-refractivity contribution < 1.29 is 19.8 Å². The van der Waals surface area contributed by atoms with Crippen LogP contribution in [0.25, 0.3) is 10.9 Å². The standard InChI is InChI=1S/C20H20BrN5O4/c1-24-11-15(14-8-12(18(27)28)2-3-16(14)24)17(19(29)30)25-4-6-26(7-5-25)20-22-9-13(21)10-23-20/h2-3,8-11,17H,4-7H2,1H3,(H,27,28)(H,29,30)/t17-/m1/s1. The van der Waals surface area contributed by atoms with Crippen molar-refractivity contribution in [3.63, 3.8) is 0 Å². The fourth-order valence-corrected chi connectivity index (χ4v) is 4.11. The van der Waals surface area contributed by atoms with Crippen molar-refractivity contribution in [2.24, 2.45) is 7.05 Å². The van der Waals surface area contributed by atoms with E-state index >= 15 is 0 Å². The highest BCUT2D eigenvalue weighted by Gasteiger charge is 2.33. The van der Waals surface area contributed by atoms with Crippen molar-refractivity contribution in [3.8, 4) is 0 Å². The van der Waals surface area contributed by atoms with Crippen LogP contribution in [0.3, 0.4) is 0 Å². The molecule has 0 aliphatic carbocycles. The minimum atomic E-state index is -1.04. The van der Waals surface area contributed by atoms with Crippen LogP contribution < -0.4 is 4.90 Å². The van der Waals surface area contributed by atoms with E-state index in [-0.39, 0.29) is 5.56 Å². The van der Waals surface area contributed by atoms with Gasteiger partial charge in [0.25, 0.3) is 0 Å². The first-order chi connectivity index (χ1) is 14.3. The topological polar surface area (TPSA) is 112 Å². The molecule has 10 heteroatoms. The van der Waals surface area contributed by atoms with E-state index in [1.807, 2.05) is 21.4 Å². The van der Waals surface area contributed by atoms with Crippen molar-refractivity contribution in [1.82, 2.24) is 19.4 Å². The molecule has 0 saturated carbocycles. The van der Waals surface area contributed by atoms with Crippen molar-refractivity contribution in [3.05, 3.63) is 52.4 Å². The van der Waals surface area contributed by atoms with E-state index in [0.717, 1.165) is 9.99 Å². The molecule has 3 aromatic rings. The average Bonchev–Trinajstić information content (AvgIpc) is 3.05. The Bertz CT molecular complexity index is 1110. The van der Waals surface area contributed by atoms with Crippen LogP contribution in [0.15, 0.2) is 41.3 Å². The summed E-state index contributed by atoms with van der Waals surface area (Å²) in [5, 5.41) is 20.0. The van der Waals surface area contributed by atoms with Crippen LogP contribution in [0.5, 0.6) is 0 Å². The molecule has 1 aliphatic heterocycles. The van der Waals surface area contributed by atoms with E-state index in [4.69, 9.17) is 0 Å². The molecule has 2 aromatic heterocycles. The first-order valence-corrected chi connectivity index (χ1v) is 10.2. The van der Waals surface area contributed by atoms with Crippen LogP contribution in [-0.4, -0.2) is 67.8 Å². The molecule has 1 atom stereocenters. The van der Waals surface area contributed by atoms with E-state index in [9.17, 15) is 19.8 Å². The molecular weight excluding hydrogens is 454 g/mol. The second kappa shape index (κ2) is 8.04. The summed E-state index contributed by atoms with van der Waals surface area (Å²) in [6, 6.07) is 3.92. The van der Waals surface area contributed by atoms with Crippen LogP contribution in [0.2, 0.25) is 0 Å². The van der Waals surface area contributed by atoms with Crippen molar-refractivity contribution >= 4 is 44.7 Å². The number of fused-ring (bicyclic) bond motifs is 1. The van der Waals surface area contributed by atoms with Gasteiger partial charge >= 0.3 is 11.9 Å². The van der Waals surface area contributed by atoms with Crippen LogP contribution in [0.4, 0.5) is 5.95 Å². The molecule has 1 aromatic carbocycles. The summed E-state index contributed by atoms with van der Waals surface area (Å²) in [7, 11) is 1.83. The fraction of sp³-hybridized carbons (Fsp3) is 0.300. The molecule has 0 radical (unpaired) electrons. The minimum Gasteiger partial charge on any atom is -0.480 e. The maximum atomic E-state index is 12.2. The molecule has 0 spiro atoms. The predicted molar refractivity (Wildman–Crippen MR) is 114 cm³/mol. The maximum absolute atomic E-state index is 12.2. The van der Waals surface area contributed by atoms with Gasteiger partial charge in [0.1, 0.15) is 6.04 Å². The van der Waals surface area contributed by atoms with Crippen LogP contribution in [-0.2, 0) is 11.8 Å². The SMILES string of the molecule is Cn1cc([C@H](C(=O)O)N2CCN(c3ncc(Br)cn3)CC2)c2cc(C(=O)O)ccc21. The lowest BCUT2D eigenvalue weighted by Crippen LogP contribution is -2.49. The highest BCUT2D eigenvalue weighted by molar-refractivity contribution is 9.10. The lowest BCUT2D eigenvalue weighted by atomic mass is 10.0. The third-order valence-corrected chi connectivity index (χ3v) is 5.77. The van der Waals surface area contributed by atoms with Gasteiger partial charge in [-0.25, -0.2) is 14.8 Å². The van der Waals surface area contributed by atoms with Gasteiger partial charge in [0.15, 0.2) is 0 Å². The number of aryl methyl sites for hydroxylation is 1.